The number of hydrogen-bond donors (Lipinski definition) is 3. The Hall–Kier alpha value is -3.08. The number of aromatic nitrogens is 2. The Morgan fingerprint density at radius 2 is 1.97 bits per heavy atom. The lowest BCUT2D eigenvalue weighted by atomic mass is 9.72. The van der Waals surface area contributed by atoms with Gasteiger partial charge in [-0.15, -0.1) is 0 Å². The van der Waals surface area contributed by atoms with Gasteiger partial charge < -0.3 is 25.6 Å². The molecule has 39 heavy (non-hydrogen) atoms. The molecule has 0 bridgehead atoms. The molecule has 0 radical (unpaired) electrons. The highest BCUT2D eigenvalue weighted by Crippen LogP contribution is 2.46. The fourth-order valence-corrected chi connectivity index (χ4v) is 6.71. The summed E-state index contributed by atoms with van der Waals surface area (Å²) in [5, 5.41) is 9.67. The first-order valence-corrected chi connectivity index (χ1v) is 15.0. The minimum absolute atomic E-state index is 0.0109. The molecule has 0 saturated carbocycles. The van der Waals surface area contributed by atoms with Crippen molar-refractivity contribution in [3.63, 3.8) is 0 Å². The molecule has 3 heterocycles. The molecule has 1 saturated heterocycles. The monoisotopic (exact) mass is 570 g/mol. The standard InChI is InChI=1S/C28H35ClN6O3S/c1-17(2)39(36,37)25-9-7-6-8-21(25)32-26-20(29)14-31-27(34-26)33-22-12-18-19(13-24(22)38-5)28(3,4)16-35-11-10-30-15-23(18)35/h6-9,13-14,17,30H,10-12,15-16H2,1-5H3,(H2,31,32,33,34). The molecule has 1 aliphatic carbocycles. The second-order valence-electron chi connectivity index (χ2n) is 10.9. The molecule has 0 unspecified atom stereocenters. The summed E-state index contributed by atoms with van der Waals surface area (Å²) in [6.07, 6.45) is 4.27. The number of piperazine rings is 1. The predicted molar refractivity (Wildman–Crippen MR) is 155 cm³/mol. The summed E-state index contributed by atoms with van der Waals surface area (Å²) in [7, 11) is -1.86. The van der Waals surface area contributed by atoms with Gasteiger partial charge in [-0.3, -0.25) is 0 Å². The SMILES string of the molecule is COC1=C(Nc2ncc(Cl)c(Nc3ccccc3S(=O)(=O)C(C)C)n2)CC2=C3CNCCN3CC(C)(C)C2=C1. The largest absolute Gasteiger partial charge is 0.495 e. The van der Waals surface area contributed by atoms with Crippen LogP contribution in [0.25, 0.3) is 0 Å². The van der Waals surface area contributed by atoms with E-state index < -0.39 is 15.1 Å². The van der Waals surface area contributed by atoms with Crippen LogP contribution >= 0.6 is 11.6 Å². The Morgan fingerprint density at radius 1 is 1.21 bits per heavy atom. The number of fused-ring (bicyclic) bond motifs is 2. The second-order valence-corrected chi connectivity index (χ2v) is 13.8. The summed E-state index contributed by atoms with van der Waals surface area (Å²) in [6, 6.07) is 6.74. The molecule has 1 fully saturated rings. The number of nitrogens with zero attached hydrogens (tertiary/aromatic N) is 3. The van der Waals surface area contributed by atoms with Crippen molar-refractivity contribution in [1.82, 2.24) is 20.2 Å². The van der Waals surface area contributed by atoms with Gasteiger partial charge in [-0.05, 0) is 43.2 Å². The number of nitrogens with one attached hydrogen (secondary N) is 3. The minimum atomic E-state index is -3.52. The Balaban J connectivity index is 1.48. The van der Waals surface area contributed by atoms with Crippen LogP contribution in [0.1, 0.15) is 34.1 Å². The maximum atomic E-state index is 12.9. The van der Waals surface area contributed by atoms with Crippen molar-refractivity contribution >= 4 is 38.9 Å². The van der Waals surface area contributed by atoms with E-state index in [0.29, 0.717) is 23.9 Å². The molecule has 208 valence electrons. The summed E-state index contributed by atoms with van der Waals surface area (Å²) in [4.78, 5) is 11.7. The average Bonchev–Trinajstić information content (AvgIpc) is 2.90. The highest BCUT2D eigenvalue weighted by atomic mass is 35.5. The molecule has 1 aromatic carbocycles. The molecule has 2 aromatic rings. The second kappa shape index (κ2) is 10.5. The first-order chi connectivity index (χ1) is 18.5. The Kier molecular flexibility index (Phi) is 7.39. The van der Waals surface area contributed by atoms with Crippen molar-refractivity contribution in [1.29, 1.82) is 0 Å². The van der Waals surface area contributed by atoms with Crippen molar-refractivity contribution in [2.45, 2.75) is 44.3 Å². The third-order valence-corrected chi connectivity index (χ3v) is 9.93. The van der Waals surface area contributed by atoms with Crippen LogP contribution in [0.15, 0.2) is 69.7 Å². The summed E-state index contributed by atoms with van der Waals surface area (Å²) in [5.41, 5.74) is 5.15. The lowest BCUT2D eigenvalue weighted by Gasteiger charge is -2.47. The molecule has 9 nitrogen and oxygen atoms in total. The smallest absolute Gasteiger partial charge is 0.229 e. The molecule has 2 aliphatic heterocycles. The molecule has 3 N–H and O–H groups in total. The highest BCUT2D eigenvalue weighted by Gasteiger charge is 2.39. The van der Waals surface area contributed by atoms with Gasteiger partial charge in [0.25, 0.3) is 0 Å². The van der Waals surface area contributed by atoms with E-state index in [1.54, 1.807) is 45.2 Å². The fourth-order valence-electron chi connectivity index (χ4n) is 5.37. The zero-order valence-corrected chi connectivity index (χ0v) is 24.5. The minimum Gasteiger partial charge on any atom is -0.495 e. The van der Waals surface area contributed by atoms with Crippen LogP contribution in [0.3, 0.4) is 0 Å². The number of anilines is 3. The van der Waals surface area contributed by atoms with Crippen LogP contribution in [-0.2, 0) is 14.6 Å². The number of benzene rings is 1. The Labute approximate surface area is 235 Å². The lowest BCUT2D eigenvalue weighted by molar-refractivity contribution is 0.204. The zero-order chi connectivity index (χ0) is 27.9. The molecule has 0 atom stereocenters. The quantitative estimate of drug-likeness (QED) is 0.430. The number of methoxy groups -OCH3 is 1. The number of para-hydroxylation sites is 1. The zero-order valence-electron chi connectivity index (χ0n) is 22.9. The maximum Gasteiger partial charge on any atom is 0.229 e. The summed E-state index contributed by atoms with van der Waals surface area (Å²) in [6.45, 7) is 11.6. The first-order valence-electron chi connectivity index (χ1n) is 13.1. The van der Waals surface area contributed by atoms with Crippen LogP contribution in [-0.4, -0.2) is 61.8 Å². The molecule has 11 heteroatoms. The van der Waals surface area contributed by atoms with Crippen molar-refractivity contribution in [3.05, 3.63) is 69.9 Å². The molecule has 0 spiro atoms. The van der Waals surface area contributed by atoms with Crippen LogP contribution in [0, 0.1) is 5.41 Å². The average molecular weight is 571 g/mol. The van der Waals surface area contributed by atoms with Gasteiger partial charge in [0.2, 0.25) is 5.95 Å². The third kappa shape index (κ3) is 5.25. The van der Waals surface area contributed by atoms with E-state index in [0.717, 1.165) is 37.6 Å². The van der Waals surface area contributed by atoms with Crippen molar-refractivity contribution < 1.29 is 13.2 Å². The molecular formula is C28H35ClN6O3S. The molecule has 0 amide bonds. The Bertz CT molecular complexity index is 1500. The van der Waals surface area contributed by atoms with Crippen LogP contribution in [0.2, 0.25) is 5.02 Å². The number of allylic oxidation sites excluding steroid dienone is 2. The fraction of sp³-hybridized carbons (Fsp3) is 0.429. The summed E-state index contributed by atoms with van der Waals surface area (Å²) < 4.78 is 31.7. The molecule has 3 aliphatic rings. The van der Waals surface area contributed by atoms with Gasteiger partial charge in [0.15, 0.2) is 15.7 Å². The van der Waals surface area contributed by atoms with Crippen LogP contribution in [0.5, 0.6) is 0 Å². The first kappa shape index (κ1) is 27.5. The third-order valence-electron chi connectivity index (χ3n) is 7.44. The molecule has 5 rings (SSSR count). The number of rotatable bonds is 7. The van der Waals surface area contributed by atoms with Crippen molar-refractivity contribution in [2.24, 2.45) is 5.41 Å². The van der Waals surface area contributed by atoms with Gasteiger partial charge >= 0.3 is 0 Å². The van der Waals surface area contributed by atoms with Crippen LogP contribution < -0.4 is 16.0 Å². The highest BCUT2D eigenvalue weighted by molar-refractivity contribution is 7.92. The normalized spacial score (nSPS) is 18.9. The number of sulfone groups is 1. The lowest BCUT2D eigenvalue weighted by Crippen LogP contribution is -2.50. The van der Waals surface area contributed by atoms with Crippen molar-refractivity contribution in [3.8, 4) is 0 Å². The summed E-state index contributed by atoms with van der Waals surface area (Å²) >= 11 is 6.44. The van der Waals surface area contributed by atoms with E-state index in [1.165, 1.54) is 23.0 Å². The van der Waals surface area contributed by atoms with Gasteiger partial charge in [-0.25, -0.2) is 13.4 Å². The number of ether oxygens (including phenoxy) is 1. The van der Waals surface area contributed by atoms with Gasteiger partial charge in [0.1, 0.15) is 10.8 Å². The van der Waals surface area contributed by atoms with Crippen molar-refractivity contribution in [2.75, 3.05) is 43.9 Å². The predicted octanol–water partition coefficient (Wildman–Crippen LogP) is 4.85. The topological polar surface area (TPSA) is 108 Å². The summed E-state index contributed by atoms with van der Waals surface area (Å²) in [5.74, 6) is 1.36. The number of halogens is 1. The van der Waals surface area contributed by atoms with Gasteiger partial charge in [-0.1, -0.05) is 37.6 Å². The molecule has 1 aromatic heterocycles. The maximum absolute atomic E-state index is 12.9. The van der Waals surface area contributed by atoms with Crippen LogP contribution in [0.4, 0.5) is 17.5 Å². The van der Waals surface area contributed by atoms with Gasteiger partial charge in [-0.2, -0.15) is 4.98 Å². The van der Waals surface area contributed by atoms with E-state index in [2.05, 4.69) is 50.7 Å². The van der Waals surface area contributed by atoms with E-state index in [4.69, 9.17) is 16.3 Å². The van der Waals surface area contributed by atoms with E-state index in [1.807, 2.05) is 0 Å². The van der Waals surface area contributed by atoms with Gasteiger partial charge in [0.05, 0.1) is 34.8 Å². The number of hydrogen-bond acceptors (Lipinski definition) is 9. The van der Waals surface area contributed by atoms with E-state index in [-0.39, 0.29) is 15.3 Å². The molecular weight excluding hydrogens is 536 g/mol. The van der Waals surface area contributed by atoms with E-state index >= 15 is 0 Å². The van der Waals surface area contributed by atoms with Gasteiger partial charge in [0, 0.05) is 43.7 Å². The van der Waals surface area contributed by atoms with E-state index in [9.17, 15) is 8.42 Å². The Morgan fingerprint density at radius 3 is 2.72 bits per heavy atom.